The van der Waals surface area contributed by atoms with Crippen molar-refractivity contribution in [3.63, 3.8) is 0 Å². The minimum Gasteiger partial charge on any atom is -0.464 e. The van der Waals surface area contributed by atoms with Crippen LogP contribution in [0.5, 0.6) is 0 Å². The number of esters is 1. The average molecular weight is 269 g/mol. The van der Waals surface area contributed by atoms with Crippen LogP contribution in [-0.2, 0) is 9.53 Å². The first kappa shape index (κ1) is 13.3. The van der Waals surface area contributed by atoms with Crippen LogP contribution < -0.4 is 10.2 Å². The van der Waals surface area contributed by atoms with Crippen molar-refractivity contribution < 1.29 is 9.53 Å². The second-order valence-electron chi connectivity index (χ2n) is 4.30. The number of hydrogen-bond acceptors (Lipinski definition) is 6. The minimum atomic E-state index is -0.261. The molecule has 0 saturated carbocycles. The normalized spacial score (nSPS) is 19.9. The zero-order valence-electron chi connectivity index (χ0n) is 11.0. The van der Waals surface area contributed by atoms with Crippen molar-refractivity contribution in [2.45, 2.75) is 26.8 Å². The molecular formula is C12H19N3O2S. The van der Waals surface area contributed by atoms with Gasteiger partial charge in [-0.05, 0) is 20.8 Å². The van der Waals surface area contributed by atoms with E-state index in [-0.39, 0.29) is 12.0 Å². The number of carbonyl (C=O) groups is 1. The number of piperazine rings is 1. The molecule has 0 bridgehead atoms. The lowest BCUT2D eigenvalue weighted by Gasteiger charge is -2.34. The van der Waals surface area contributed by atoms with Gasteiger partial charge in [-0.25, -0.2) is 9.78 Å². The van der Waals surface area contributed by atoms with Gasteiger partial charge in [0.1, 0.15) is 6.04 Å². The number of ether oxygens (including phenoxy) is 1. The summed E-state index contributed by atoms with van der Waals surface area (Å²) in [4.78, 5) is 19.7. The molecule has 5 nitrogen and oxygen atoms in total. The summed E-state index contributed by atoms with van der Waals surface area (Å²) in [6, 6.07) is -0.261. The van der Waals surface area contributed by atoms with E-state index in [1.54, 1.807) is 11.3 Å². The van der Waals surface area contributed by atoms with E-state index in [0.717, 1.165) is 23.9 Å². The maximum atomic E-state index is 11.9. The Bertz CT molecular complexity index is 413. The first-order chi connectivity index (χ1) is 8.63. The fourth-order valence-corrected chi connectivity index (χ4v) is 2.95. The molecule has 2 rings (SSSR count). The molecule has 1 aromatic rings. The highest BCUT2D eigenvalue weighted by Crippen LogP contribution is 2.27. The maximum Gasteiger partial charge on any atom is 0.330 e. The molecule has 6 heteroatoms. The van der Waals surface area contributed by atoms with E-state index < -0.39 is 0 Å². The van der Waals surface area contributed by atoms with Gasteiger partial charge in [0.2, 0.25) is 0 Å². The van der Waals surface area contributed by atoms with Crippen molar-refractivity contribution in [2.75, 3.05) is 31.1 Å². The van der Waals surface area contributed by atoms with Crippen molar-refractivity contribution >= 4 is 22.4 Å². The molecule has 1 aromatic heterocycles. The van der Waals surface area contributed by atoms with Gasteiger partial charge in [0, 0.05) is 24.5 Å². The van der Waals surface area contributed by atoms with Gasteiger partial charge in [0.05, 0.1) is 12.3 Å². The van der Waals surface area contributed by atoms with Gasteiger partial charge >= 0.3 is 5.97 Å². The van der Waals surface area contributed by atoms with E-state index >= 15 is 0 Å². The number of rotatable bonds is 3. The summed E-state index contributed by atoms with van der Waals surface area (Å²) in [5, 5.41) is 4.15. The zero-order valence-corrected chi connectivity index (χ0v) is 11.8. The predicted octanol–water partition coefficient (Wildman–Crippen LogP) is 1.10. The quantitative estimate of drug-likeness (QED) is 0.833. The van der Waals surface area contributed by atoms with Gasteiger partial charge in [0.25, 0.3) is 0 Å². The molecule has 1 N–H and O–H groups in total. The van der Waals surface area contributed by atoms with Crippen molar-refractivity contribution in [2.24, 2.45) is 0 Å². The molecule has 0 spiro atoms. The Balaban J connectivity index is 2.19. The Morgan fingerprint density at radius 1 is 1.61 bits per heavy atom. The van der Waals surface area contributed by atoms with Crippen LogP contribution in [0.15, 0.2) is 0 Å². The Hall–Kier alpha value is -1.14. The van der Waals surface area contributed by atoms with Crippen LogP contribution in [0, 0.1) is 13.8 Å². The Morgan fingerprint density at radius 3 is 3.00 bits per heavy atom. The molecule has 0 amide bonds. The molecule has 0 aliphatic carbocycles. The SMILES string of the molecule is CCOC(=O)C1CNCCN1c1nc(C)c(C)s1. The first-order valence-corrected chi connectivity index (χ1v) is 7.03. The highest BCUT2D eigenvalue weighted by Gasteiger charge is 2.31. The van der Waals surface area contributed by atoms with Crippen LogP contribution in [0.4, 0.5) is 5.13 Å². The lowest BCUT2D eigenvalue weighted by Crippen LogP contribution is -2.55. The highest BCUT2D eigenvalue weighted by atomic mass is 32.1. The molecule has 100 valence electrons. The van der Waals surface area contributed by atoms with Gasteiger partial charge in [-0.2, -0.15) is 0 Å². The van der Waals surface area contributed by atoms with Crippen LogP contribution in [0.3, 0.4) is 0 Å². The van der Waals surface area contributed by atoms with Crippen LogP contribution >= 0.6 is 11.3 Å². The summed E-state index contributed by atoms with van der Waals surface area (Å²) >= 11 is 1.64. The summed E-state index contributed by atoms with van der Waals surface area (Å²) in [6.45, 7) is 8.57. The number of thiazole rings is 1. The fraction of sp³-hybridized carbons (Fsp3) is 0.667. The van der Waals surface area contributed by atoms with E-state index in [0.29, 0.717) is 13.2 Å². The lowest BCUT2D eigenvalue weighted by atomic mass is 10.2. The molecule has 0 aromatic carbocycles. The summed E-state index contributed by atoms with van der Waals surface area (Å²) in [6.07, 6.45) is 0. The van der Waals surface area contributed by atoms with Gasteiger partial charge in [0.15, 0.2) is 5.13 Å². The number of aryl methyl sites for hydroxylation is 2. The number of nitrogens with one attached hydrogen (secondary N) is 1. The Morgan fingerprint density at radius 2 is 2.39 bits per heavy atom. The zero-order chi connectivity index (χ0) is 13.1. The van der Waals surface area contributed by atoms with E-state index in [2.05, 4.69) is 22.1 Å². The van der Waals surface area contributed by atoms with Gasteiger partial charge < -0.3 is 15.0 Å². The number of aromatic nitrogens is 1. The third-order valence-electron chi connectivity index (χ3n) is 3.07. The van der Waals surface area contributed by atoms with Gasteiger partial charge in [-0.3, -0.25) is 0 Å². The predicted molar refractivity (Wildman–Crippen MR) is 72.2 cm³/mol. The van der Waals surface area contributed by atoms with Crippen molar-refractivity contribution in [1.29, 1.82) is 0 Å². The largest absolute Gasteiger partial charge is 0.464 e. The van der Waals surface area contributed by atoms with E-state index in [1.807, 2.05) is 13.8 Å². The van der Waals surface area contributed by atoms with E-state index in [4.69, 9.17) is 4.74 Å². The molecule has 0 radical (unpaired) electrons. The van der Waals surface area contributed by atoms with Crippen molar-refractivity contribution in [3.05, 3.63) is 10.6 Å². The summed E-state index contributed by atoms with van der Waals surface area (Å²) in [5.74, 6) is -0.171. The molecule has 1 atom stereocenters. The number of anilines is 1. The summed E-state index contributed by atoms with van der Waals surface area (Å²) in [7, 11) is 0. The van der Waals surface area contributed by atoms with E-state index in [1.165, 1.54) is 4.88 Å². The van der Waals surface area contributed by atoms with Crippen LogP contribution in [0.25, 0.3) is 0 Å². The molecule has 1 aliphatic rings. The first-order valence-electron chi connectivity index (χ1n) is 6.21. The molecule has 2 heterocycles. The fourth-order valence-electron chi connectivity index (χ4n) is 1.96. The molecule has 1 fully saturated rings. The monoisotopic (exact) mass is 269 g/mol. The van der Waals surface area contributed by atoms with Crippen molar-refractivity contribution in [1.82, 2.24) is 10.3 Å². The summed E-state index contributed by atoms with van der Waals surface area (Å²) < 4.78 is 5.13. The third-order valence-corrected chi connectivity index (χ3v) is 4.17. The molecule has 1 aliphatic heterocycles. The summed E-state index contributed by atoms with van der Waals surface area (Å²) in [5.41, 5.74) is 1.04. The minimum absolute atomic E-state index is 0.171. The standard InChI is InChI=1S/C12H19N3O2S/c1-4-17-11(16)10-7-13-5-6-15(10)12-14-8(2)9(3)18-12/h10,13H,4-7H2,1-3H3. The molecule has 1 saturated heterocycles. The second kappa shape index (κ2) is 5.67. The van der Waals surface area contributed by atoms with E-state index in [9.17, 15) is 4.79 Å². The molecule has 1 unspecified atom stereocenters. The van der Waals surface area contributed by atoms with Gasteiger partial charge in [-0.1, -0.05) is 0 Å². The Kier molecular flexibility index (Phi) is 4.19. The van der Waals surface area contributed by atoms with Crippen LogP contribution in [0.2, 0.25) is 0 Å². The number of nitrogens with zero attached hydrogens (tertiary/aromatic N) is 2. The van der Waals surface area contributed by atoms with Gasteiger partial charge in [-0.15, -0.1) is 11.3 Å². The Labute approximate surface area is 111 Å². The highest BCUT2D eigenvalue weighted by molar-refractivity contribution is 7.15. The van der Waals surface area contributed by atoms with Crippen LogP contribution in [0.1, 0.15) is 17.5 Å². The average Bonchev–Trinajstić information content (AvgIpc) is 2.70. The second-order valence-corrected chi connectivity index (χ2v) is 5.49. The van der Waals surface area contributed by atoms with Crippen LogP contribution in [-0.4, -0.2) is 43.2 Å². The smallest absolute Gasteiger partial charge is 0.330 e. The van der Waals surface area contributed by atoms with Crippen molar-refractivity contribution in [3.8, 4) is 0 Å². The number of carbonyl (C=O) groups excluding carboxylic acids is 1. The molecular weight excluding hydrogens is 250 g/mol. The molecule has 18 heavy (non-hydrogen) atoms. The number of hydrogen-bond donors (Lipinski definition) is 1. The lowest BCUT2D eigenvalue weighted by molar-refractivity contribution is -0.144. The topological polar surface area (TPSA) is 54.5 Å². The third kappa shape index (κ3) is 2.64. The maximum absolute atomic E-state index is 11.9.